The van der Waals surface area contributed by atoms with E-state index in [0.29, 0.717) is 22.3 Å². The summed E-state index contributed by atoms with van der Waals surface area (Å²) in [4.78, 5) is 29.9. The van der Waals surface area contributed by atoms with Crippen molar-refractivity contribution < 1.29 is 14.3 Å². The molecular weight excluding hydrogens is 410 g/mol. The second kappa shape index (κ2) is 9.62. The topological polar surface area (TPSA) is 73.2 Å². The summed E-state index contributed by atoms with van der Waals surface area (Å²) in [7, 11) is 0. The van der Waals surface area contributed by atoms with E-state index in [1.54, 1.807) is 35.8 Å². The number of imidazole rings is 1. The quantitative estimate of drug-likeness (QED) is 0.434. The Morgan fingerprint density at radius 2 is 1.93 bits per heavy atom. The number of carbonyl (C=O) groups is 2. The second-order valence-electron chi connectivity index (χ2n) is 6.05. The standard InChI is InChI=1S/C21H20ClN3O3S/c1-3-28-20(27)17-18(23-19(26)15-10-7-11-16(22)12-15)24-21(29-2)25(17)13-14-8-5-4-6-9-14/h4-12H,3,13H2,1-2H3,(H,23,26). The molecule has 3 aromatic rings. The average Bonchev–Trinajstić information content (AvgIpc) is 3.05. The van der Waals surface area contributed by atoms with Crippen LogP contribution in [0.15, 0.2) is 59.8 Å². The number of benzene rings is 2. The Morgan fingerprint density at radius 1 is 1.17 bits per heavy atom. The minimum Gasteiger partial charge on any atom is -0.461 e. The van der Waals surface area contributed by atoms with Crippen LogP contribution in [0.2, 0.25) is 5.02 Å². The average molecular weight is 430 g/mol. The Labute approximate surface area is 178 Å². The van der Waals surface area contributed by atoms with Gasteiger partial charge in [-0.3, -0.25) is 4.79 Å². The molecule has 0 fully saturated rings. The highest BCUT2D eigenvalue weighted by atomic mass is 35.5. The van der Waals surface area contributed by atoms with E-state index in [0.717, 1.165) is 5.56 Å². The Bertz CT molecular complexity index is 1020. The molecule has 1 aromatic heterocycles. The van der Waals surface area contributed by atoms with Gasteiger partial charge in [0.25, 0.3) is 5.91 Å². The van der Waals surface area contributed by atoms with Crippen molar-refractivity contribution in [2.75, 3.05) is 18.2 Å². The van der Waals surface area contributed by atoms with E-state index < -0.39 is 11.9 Å². The molecule has 150 valence electrons. The lowest BCUT2D eigenvalue weighted by Gasteiger charge is -2.11. The molecule has 0 aliphatic heterocycles. The molecule has 8 heteroatoms. The largest absolute Gasteiger partial charge is 0.461 e. The number of hydrogen-bond acceptors (Lipinski definition) is 5. The molecule has 0 saturated carbocycles. The highest BCUT2D eigenvalue weighted by Gasteiger charge is 2.26. The first-order chi connectivity index (χ1) is 14.0. The number of anilines is 1. The SMILES string of the molecule is CCOC(=O)c1c(NC(=O)c2cccc(Cl)c2)nc(SC)n1Cc1ccccc1. The molecule has 1 amide bonds. The maximum Gasteiger partial charge on any atom is 0.358 e. The summed E-state index contributed by atoms with van der Waals surface area (Å²) in [6.07, 6.45) is 1.86. The van der Waals surface area contributed by atoms with Gasteiger partial charge in [0.05, 0.1) is 13.2 Å². The van der Waals surface area contributed by atoms with Crippen LogP contribution in [0.3, 0.4) is 0 Å². The summed E-state index contributed by atoms with van der Waals surface area (Å²) < 4.78 is 6.99. The molecule has 0 saturated heterocycles. The van der Waals surface area contributed by atoms with Gasteiger partial charge in [0.2, 0.25) is 0 Å². The number of carbonyl (C=O) groups excluding carboxylic acids is 2. The fourth-order valence-electron chi connectivity index (χ4n) is 2.80. The first-order valence-corrected chi connectivity index (χ1v) is 10.6. The van der Waals surface area contributed by atoms with Gasteiger partial charge in [0.1, 0.15) is 0 Å². The molecule has 0 unspecified atom stereocenters. The van der Waals surface area contributed by atoms with E-state index in [2.05, 4.69) is 10.3 Å². The molecule has 0 bridgehead atoms. The third-order valence-electron chi connectivity index (χ3n) is 4.09. The van der Waals surface area contributed by atoms with Crippen molar-refractivity contribution >= 4 is 41.1 Å². The number of esters is 1. The van der Waals surface area contributed by atoms with E-state index in [1.165, 1.54) is 11.8 Å². The highest BCUT2D eigenvalue weighted by molar-refractivity contribution is 7.98. The number of amides is 1. The van der Waals surface area contributed by atoms with Gasteiger partial charge in [-0.05, 0) is 36.9 Å². The number of hydrogen-bond donors (Lipinski definition) is 1. The van der Waals surface area contributed by atoms with Crippen LogP contribution >= 0.6 is 23.4 Å². The molecular formula is C21H20ClN3O3S. The lowest BCUT2D eigenvalue weighted by molar-refractivity contribution is 0.0514. The first kappa shape index (κ1) is 21.0. The van der Waals surface area contributed by atoms with Gasteiger partial charge in [-0.25, -0.2) is 9.78 Å². The fraction of sp³-hybridized carbons (Fsp3) is 0.190. The lowest BCUT2D eigenvalue weighted by atomic mass is 10.2. The fourth-order valence-corrected chi connectivity index (χ4v) is 3.55. The number of ether oxygens (including phenoxy) is 1. The van der Waals surface area contributed by atoms with Crippen LogP contribution in [0, 0.1) is 0 Å². The summed E-state index contributed by atoms with van der Waals surface area (Å²) in [5, 5.41) is 3.77. The molecule has 6 nitrogen and oxygen atoms in total. The van der Waals surface area contributed by atoms with Crippen LogP contribution in [0.5, 0.6) is 0 Å². The molecule has 0 radical (unpaired) electrons. The molecule has 0 spiro atoms. The molecule has 0 aliphatic carbocycles. The maximum absolute atomic E-state index is 12.7. The van der Waals surface area contributed by atoms with E-state index in [-0.39, 0.29) is 18.1 Å². The minimum absolute atomic E-state index is 0.161. The number of nitrogens with zero attached hydrogens (tertiary/aromatic N) is 2. The van der Waals surface area contributed by atoms with E-state index in [4.69, 9.17) is 16.3 Å². The zero-order valence-electron chi connectivity index (χ0n) is 16.0. The molecule has 0 aliphatic rings. The normalized spacial score (nSPS) is 10.6. The Hall–Kier alpha value is -2.77. The molecule has 3 rings (SSSR count). The second-order valence-corrected chi connectivity index (χ2v) is 7.26. The summed E-state index contributed by atoms with van der Waals surface area (Å²) in [5.41, 5.74) is 1.57. The number of rotatable bonds is 7. The molecule has 0 atom stereocenters. The van der Waals surface area contributed by atoms with Crippen molar-refractivity contribution in [2.24, 2.45) is 0 Å². The van der Waals surface area contributed by atoms with E-state index in [9.17, 15) is 9.59 Å². The monoisotopic (exact) mass is 429 g/mol. The maximum atomic E-state index is 12.7. The van der Waals surface area contributed by atoms with E-state index >= 15 is 0 Å². The molecule has 29 heavy (non-hydrogen) atoms. The molecule has 1 heterocycles. The zero-order chi connectivity index (χ0) is 20.8. The summed E-state index contributed by atoms with van der Waals surface area (Å²) in [6.45, 7) is 2.37. The third-order valence-corrected chi connectivity index (χ3v) is 5.00. The predicted molar refractivity (Wildman–Crippen MR) is 115 cm³/mol. The van der Waals surface area contributed by atoms with Crippen molar-refractivity contribution in [3.05, 3.63) is 76.4 Å². The Balaban J connectivity index is 2.01. The molecule has 2 aromatic carbocycles. The summed E-state index contributed by atoms with van der Waals surface area (Å²) >= 11 is 7.36. The van der Waals surface area contributed by atoms with Crippen molar-refractivity contribution in [3.63, 3.8) is 0 Å². The van der Waals surface area contributed by atoms with Gasteiger partial charge in [-0.1, -0.05) is 59.8 Å². The van der Waals surface area contributed by atoms with Crippen molar-refractivity contribution in [3.8, 4) is 0 Å². The van der Waals surface area contributed by atoms with Crippen LogP contribution in [-0.2, 0) is 11.3 Å². The van der Waals surface area contributed by atoms with Gasteiger partial charge >= 0.3 is 5.97 Å². The zero-order valence-corrected chi connectivity index (χ0v) is 17.6. The van der Waals surface area contributed by atoms with Gasteiger partial charge < -0.3 is 14.6 Å². The van der Waals surface area contributed by atoms with Crippen LogP contribution in [0.1, 0.15) is 33.3 Å². The van der Waals surface area contributed by atoms with Crippen LogP contribution < -0.4 is 5.32 Å². The summed E-state index contributed by atoms with van der Waals surface area (Å²) in [6, 6.07) is 16.3. The lowest BCUT2D eigenvalue weighted by Crippen LogP contribution is -2.18. The van der Waals surface area contributed by atoms with Crippen LogP contribution in [-0.4, -0.2) is 34.3 Å². The smallest absolute Gasteiger partial charge is 0.358 e. The van der Waals surface area contributed by atoms with Gasteiger partial charge in [-0.2, -0.15) is 0 Å². The summed E-state index contributed by atoms with van der Waals surface area (Å²) in [5.74, 6) is -0.790. The number of thioether (sulfide) groups is 1. The Morgan fingerprint density at radius 3 is 2.59 bits per heavy atom. The van der Waals surface area contributed by atoms with Crippen LogP contribution in [0.25, 0.3) is 0 Å². The van der Waals surface area contributed by atoms with Crippen molar-refractivity contribution in [2.45, 2.75) is 18.6 Å². The predicted octanol–water partition coefficient (Wildman–Crippen LogP) is 4.74. The van der Waals surface area contributed by atoms with Gasteiger partial charge in [0.15, 0.2) is 16.7 Å². The van der Waals surface area contributed by atoms with E-state index in [1.807, 2.05) is 36.6 Å². The number of halogens is 1. The number of nitrogens with one attached hydrogen (secondary N) is 1. The van der Waals surface area contributed by atoms with Gasteiger partial charge in [0, 0.05) is 10.6 Å². The number of aromatic nitrogens is 2. The van der Waals surface area contributed by atoms with Crippen molar-refractivity contribution in [1.82, 2.24) is 9.55 Å². The highest BCUT2D eigenvalue weighted by Crippen LogP contribution is 2.26. The Kier molecular flexibility index (Phi) is 6.95. The molecule has 1 N–H and O–H groups in total. The van der Waals surface area contributed by atoms with Crippen molar-refractivity contribution in [1.29, 1.82) is 0 Å². The third kappa shape index (κ3) is 4.99. The first-order valence-electron chi connectivity index (χ1n) is 8.96. The minimum atomic E-state index is -0.544. The van der Waals surface area contributed by atoms with Gasteiger partial charge in [-0.15, -0.1) is 0 Å². The van der Waals surface area contributed by atoms with Crippen LogP contribution in [0.4, 0.5) is 5.82 Å².